The predicted molar refractivity (Wildman–Crippen MR) is 204 cm³/mol. The molecule has 0 fully saturated rings. The molecule has 5 heteroatoms. The highest BCUT2D eigenvalue weighted by molar-refractivity contribution is 5.94. The van der Waals surface area contributed by atoms with Crippen molar-refractivity contribution >= 4 is 11.9 Å². The van der Waals surface area contributed by atoms with Crippen LogP contribution in [0.15, 0.2) is 18.5 Å². The van der Waals surface area contributed by atoms with Crippen LogP contribution in [0.25, 0.3) is 0 Å². The number of ether oxygens (including phenoxy) is 2. The molecule has 0 aliphatic carbocycles. The number of esters is 2. The Morgan fingerprint density at radius 2 is 0.625 bits per heavy atom. The molecule has 0 N–H and O–H groups in total. The fraction of sp³-hybridized carbons (Fsp3) is 0.837. The third-order valence-corrected chi connectivity index (χ3v) is 9.67. The minimum atomic E-state index is -0.420. The fourth-order valence-corrected chi connectivity index (χ4v) is 6.46. The molecule has 1 aromatic rings. The molecule has 0 spiro atoms. The van der Waals surface area contributed by atoms with Crippen LogP contribution in [0.4, 0.5) is 0 Å². The molecule has 0 radical (unpaired) electrons. The van der Waals surface area contributed by atoms with Gasteiger partial charge in [0.25, 0.3) is 0 Å². The molecule has 278 valence electrons. The standard InChI is InChI=1S/C43H77NO4/c1-3-5-7-9-11-13-15-17-19-21-23-25-27-29-31-33-35-47-42(45)40-37-41(39-44-38-40)43(46)48-36-34-32-30-28-26-24-22-20-18-16-14-12-10-8-6-4-2/h37-39H,3-36H2,1-2H3. The average molecular weight is 672 g/mol. The van der Waals surface area contributed by atoms with Gasteiger partial charge in [-0.2, -0.15) is 0 Å². The van der Waals surface area contributed by atoms with Crippen LogP contribution in [0.3, 0.4) is 0 Å². The van der Waals surface area contributed by atoms with Crippen LogP contribution in [0, 0.1) is 0 Å². The van der Waals surface area contributed by atoms with Crippen LogP contribution >= 0.6 is 0 Å². The van der Waals surface area contributed by atoms with Crippen LogP contribution in [-0.4, -0.2) is 30.1 Å². The van der Waals surface area contributed by atoms with E-state index >= 15 is 0 Å². The Morgan fingerprint density at radius 3 is 0.875 bits per heavy atom. The van der Waals surface area contributed by atoms with Crippen molar-refractivity contribution in [3.63, 3.8) is 0 Å². The SMILES string of the molecule is CCCCCCCCCCCCCCCCCCOC(=O)c1cncc(C(=O)OCCCCCCCCCCCCCCCCCC)c1. The van der Waals surface area contributed by atoms with Crippen LogP contribution in [-0.2, 0) is 9.47 Å². The Morgan fingerprint density at radius 1 is 0.396 bits per heavy atom. The minimum Gasteiger partial charge on any atom is -0.462 e. The first-order valence-electron chi connectivity index (χ1n) is 21.0. The number of aromatic nitrogens is 1. The van der Waals surface area contributed by atoms with Gasteiger partial charge in [0.1, 0.15) is 0 Å². The summed E-state index contributed by atoms with van der Waals surface area (Å²) in [6.45, 7) is 5.37. The van der Waals surface area contributed by atoms with Crippen molar-refractivity contribution < 1.29 is 19.1 Å². The Balaban J connectivity index is 1.95. The van der Waals surface area contributed by atoms with Gasteiger partial charge in [-0.3, -0.25) is 4.98 Å². The zero-order chi connectivity index (χ0) is 34.6. The van der Waals surface area contributed by atoms with Gasteiger partial charge in [0.2, 0.25) is 0 Å². The monoisotopic (exact) mass is 672 g/mol. The summed E-state index contributed by atoms with van der Waals surface area (Å²) in [6, 6.07) is 1.54. The largest absolute Gasteiger partial charge is 0.462 e. The fourth-order valence-electron chi connectivity index (χ4n) is 6.46. The first-order valence-corrected chi connectivity index (χ1v) is 21.0. The molecular formula is C43H77NO4. The predicted octanol–water partition coefficient (Wildman–Crippen LogP) is 13.9. The summed E-state index contributed by atoms with van der Waals surface area (Å²) in [4.78, 5) is 29.1. The molecular weight excluding hydrogens is 594 g/mol. The molecule has 1 aromatic heterocycles. The Kier molecular flexibility index (Phi) is 32.1. The maximum absolute atomic E-state index is 12.5. The first-order chi connectivity index (χ1) is 23.7. The molecule has 0 saturated heterocycles. The molecule has 0 amide bonds. The molecule has 5 nitrogen and oxygen atoms in total. The number of rotatable bonds is 36. The summed E-state index contributed by atoms with van der Waals surface area (Å²) in [5.41, 5.74) is 0.617. The molecule has 1 rings (SSSR count). The van der Waals surface area contributed by atoms with E-state index in [1.54, 1.807) is 6.07 Å². The van der Waals surface area contributed by atoms with Gasteiger partial charge >= 0.3 is 11.9 Å². The molecule has 48 heavy (non-hydrogen) atoms. The molecule has 0 aromatic carbocycles. The summed E-state index contributed by atoms with van der Waals surface area (Å²) in [6.07, 6.45) is 45.0. The molecule has 0 saturated carbocycles. The molecule has 0 atom stereocenters. The van der Waals surface area contributed by atoms with E-state index in [1.807, 2.05) is 0 Å². The van der Waals surface area contributed by atoms with Crippen molar-refractivity contribution in [3.05, 3.63) is 29.6 Å². The Hall–Kier alpha value is -1.91. The van der Waals surface area contributed by atoms with Crippen molar-refractivity contribution in [2.75, 3.05) is 13.2 Å². The quantitative estimate of drug-likeness (QED) is 0.0525. The number of unbranched alkanes of at least 4 members (excludes halogenated alkanes) is 30. The van der Waals surface area contributed by atoms with Gasteiger partial charge in [-0.1, -0.05) is 206 Å². The smallest absolute Gasteiger partial charge is 0.339 e. The van der Waals surface area contributed by atoms with E-state index in [-0.39, 0.29) is 0 Å². The summed E-state index contributed by atoms with van der Waals surface area (Å²) in [7, 11) is 0. The van der Waals surface area contributed by atoms with E-state index in [0.717, 1.165) is 25.7 Å². The van der Waals surface area contributed by atoms with Crippen molar-refractivity contribution in [2.45, 2.75) is 219 Å². The van der Waals surface area contributed by atoms with Gasteiger partial charge in [-0.25, -0.2) is 9.59 Å². The Labute approximate surface area is 297 Å². The first kappa shape index (κ1) is 44.1. The van der Waals surface area contributed by atoms with Crippen molar-refractivity contribution in [2.24, 2.45) is 0 Å². The number of nitrogens with zero attached hydrogens (tertiary/aromatic N) is 1. The highest BCUT2D eigenvalue weighted by Gasteiger charge is 2.13. The van der Waals surface area contributed by atoms with Crippen molar-refractivity contribution in [1.29, 1.82) is 0 Å². The van der Waals surface area contributed by atoms with Gasteiger partial charge in [-0.15, -0.1) is 0 Å². The van der Waals surface area contributed by atoms with E-state index in [2.05, 4.69) is 18.8 Å². The second-order valence-corrected chi connectivity index (χ2v) is 14.3. The highest BCUT2D eigenvalue weighted by atomic mass is 16.5. The number of pyridine rings is 1. The Bertz CT molecular complexity index is 792. The van der Waals surface area contributed by atoms with Gasteiger partial charge in [0.05, 0.1) is 24.3 Å². The third kappa shape index (κ3) is 28.0. The normalized spacial score (nSPS) is 11.2. The van der Waals surface area contributed by atoms with E-state index in [1.165, 1.54) is 192 Å². The number of hydrogen-bond acceptors (Lipinski definition) is 5. The van der Waals surface area contributed by atoms with E-state index < -0.39 is 11.9 Å². The molecule has 0 aliphatic heterocycles. The third-order valence-electron chi connectivity index (χ3n) is 9.67. The van der Waals surface area contributed by atoms with E-state index in [0.29, 0.717) is 24.3 Å². The van der Waals surface area contributed by atoms with Crippen LogP contribution < -0.4 is 0 Å². The highest BCUT2D eigenvalue weighted by Crippen LogP contribution is 2.16. The van der Waals surface area contributed by atoms with E-state index in [4.69, 9.17) is 9.47 Å². The zero-order valence-corrected chi connectivity index (χ0v) is 31.9. The number of carbonyl (C=O) groups is 2. The van der Waals surface area contributed by atoms with Crippen molar-refractivity contribution in [3.8, 4) is 0 Å². The minimum absolute atomic E-state index is 0.309. The number of hydrogen-bond donors (Lipinski definition) is 0. The van der Waals surface area contributed by atoms with E-state index in [9.17, 15) is 9.59 Å². The lowest BCUT2D eigenvalue weighted by Crippen LogP contribution is -2.11. The second-order valence-electron chi connectivity index (χ2n) is 14.3. The lowest BCUT2D eigenvalue weighted by atomic mass is 10.0. The molecule has 0 unspecified atom stereocenters. The lowest BCUT2D eigenvalue weighted by Gasteiger charge is -2.07. The maximum Gasteiger partial charge on any atom is 0.339 e. The van der Waals surface area contributed by atoms with Crippen LogP contribution in [0.1, 0.15) is 240 Å². The van der Waals surface area contributed by atoms with Crippen molar-refractivity contribution in [1.82, 2.24) is 4.98 Å². The summed E-state index contributed by atoms with van der Waals surface area (Å²) in [5.74, 6) is -0.841. The zero-order valence-electron chi connectivity index (χ0n) is 31.9. The van der Waals surface area contributed by atoms with Crippen LogP contribution in [0.2, 0.25) is 0 Å². The van der Waals surface area contributed by atoms with Gasteiger partial charge < -0.3 is 9.47 Å². The summed E-state index contributed by atoms with van der Waals surface area (Å²) >= 11 is 0. The lowest BCUT2D eigenvalue weighted by molar-refractivity contribution is 0.0495. The molecule has 1 heterocycles. The van der Waals surface area contributed by atoms with Gasteiger partial charge in [-0.05, 0) is 18.9 Å². The molecule has 0 aliphatic rings. The van der Waals surface area contributed by atoms with Crippen LogP contribution in [0.5, 0.6) is 0 Å². The average Bonchev–Trinajstić information content (AvgIpc) is 3.10. The molecule has 0 bridgehead atoms. The number of carbonyl (C=O) groups excluding carboxylic acids is 2. The summed E-state index contributed by atoms with van der Waals surface area (Å²) in [5, 5.41) is 0. The van der Waals surface area contributed by atoms with Gasteiger partial charge in [0, 0.05) is 12.4 Å². The van der Waals surface area contributed by atoms with Gasteiger partial charge in [0.15, 0.2) is 0 Å². The topological polar surface area (TPSA) is 65.5 Å². The summed E-state index contributed by atoms with van der Waals surface area (Å²) < 4.78 is 10.9. The second kappa shape index (κ2) is 34.9. The maximum atomic E-state index is 12.5.